The Bertz CT molecular complexity index is 1120. The van der Waals surface area contributed by atoms with Crippen molar-refractivity contribution in [3.05, 3.63) is 23.8 Å². The first-order valence-corrected chi connectivity index (χ1v) is 14.0. The van der Waals surface area contributed by atoms with Crippen LogP contribution >= 0.6 is 0 Å². The Kier molecular flexibility index (Phi) is 9.84. The Labute approximate surface area is 234 Å². The molecule has 1 aromatic rings. The fourth-order valence-corrected chi connectivity index (χ4v) is 5.18. The molecule has 12 nitrogen and oxygen atoms in total. The summed E-state index contributed by atoms with van der Waals surface area (Å²) < 4.78 is 11.1. The molecule has 3 heterocycles. The molecular formula is C28H39N5O7. The second-order valence-electron chi connectivity index (χ2n) is 10.5. The Morgan fingerprint density at radius 3 is 2.52 bits per heavy atom. The lowest BCUT2D eigenvalue weighted by atomic mass is 9.84. The van der Waals surface area contributed by atoms with Gasteiger partial charge in [-0.15, -0.1) is 0 Å². The van der Waals surface area contributed by atoms with Crippen LogP contribution in [-0.4, -0.2) is 97.9 Å². The van der Waals surface area contributed by atoms with Gasteiger partial charge in [0, 0.05) is 31.1 Å². The Morgan fingerprint density at radius 1 is 1.00 bits per heavy atom. The molecule has 1 aromatic carbocycles. The molecule has 4 aliphatic rings. The number of amides is 5. The van der Waals surface area contributed by atoms with Crippen molar-refractivity contribution in [2.24, 2.45) is 5.92 Å². The zero-order chi connectivity index (χ0) is 28.6. The van der Waals surface area contributed by atoms with Crippen LogP contribution in [0.4, 0.5) is 0 Å². The van der Waals surface area contributed by atoms with Crippen molar-refractivity contribution >= 4 is 29.5 Å². The van der Waals surface area contributed by atoms with E-state index in [-0.39, 0.29) is 54.8 Å². The maximum atomic E-state index is 13.2. The highest BCUT2D eigenvalue weighted by Crippen LogP contribution is 2.29. The summed E-state index contributed by atoms with van der Waals surface area (Å²) in [6.07, 6.45) is 4.35. The van der Waals surface area contributed by atoms with Crippen LogP contribution in [0.5, 0.6) is 11.5 Å². The Hall–Kier alpha value is -3.83. The monoisotopic (exact) mass is 557 g/mol. The van der Waals surface area contributed by atoms with E-state index in [1.807, 2.05) is 0 Å². The van der Waals surface area contributed by atoms with Crippen molar-refractivity contribution in [3.8, 4) is 11.5 Å². The molecule has 1 saturated carbocycles. The molecule has 2 bridgehead atoms. The normalized spacial score (nSPS) is 23.9. The SMILES string of the molecule is COc1cc2ccc1OCCNC(=O)CN(C(=O)C1CCC1)CCCNC(=O)[C@H]1CCCN1C(=O)[C@H](C)NC2=O. The van der Waals surface area contributed by atoms with E-state index in [9.17, 15) is 24.0 Å². The molecule has 12 heteroatoms. The van der Waals surface area contributed by atoms with E-state index < -0.39 is 18.0 Å². The maximum Gasteiger partial charge on any atom is 0.252 e. The van der Waals surface area contributed by atoms with Gasteiger partial charge in [0.25, 0.3) is 5.91 Å². The van der Waals surface area contributed by atoms with Gasteiger partial charge in [-0.3, -0.25) is 24.0 Å². The third kappa shape index (κ3) is 7.02. The standard InChI is InChI=1S/C28H39N5O7/c1-18-27(37)33-14-4-8-21(33)26(36)30-11-5-13-32(28(38)19-6-3-7-19)17-24(34)29-12-15-40-22-10-9-20(25(35)31-18)16-23(22)39-2/h9-10,16,18-19,21H,3-8,11-15,17H2,1-2H3,(H,29,34)(H,30,36)(H,31,35)/t18-,21+/m0/s1. The number of nitrogens with one attached hydrogen (secondary N) is 3. The quantitative estimate of drug-likeness (QED) is 0.448. The van der Waals surface area contributed by atoms with Crippen LogP contribution in [-0.2, 0) is 19.2 Å². The van der Waals surface area contributed by atoms with Crippen molar-refractivity contribution in [3.63, 3.8) is 0 Å². The van der Waals surface area contributed by atoms with Crippen LogP contribution in [0.1, 0.15) is 55.8 Å². The van der Waals surface area contributed by atoms with E-state index in [1.165, 1.54) is 18.1 Å². The highest BCUT2D eigenvalue weighted by molar-refractivity contribution is 5.98. The minimum absolute atomic E-state index is 0.0353. The van der Waals surface area contributed by atoms with Crippen molar-refractivity contribution in [2.45, 2.75) is 57.5 Å². The van der Waals surface area contributed by atoms with Gasteiger partial charge in [0.2, 0.25) is 23.6 Å². The van der Waals surface area contributed by atoms with E-state index >= 15 is 0 Å². The van der Waals surface area contributed by atoms with Gasteiger partial charge < -0.3 is 35.2 Å². The van der Waals surface area contributed by atoms with Crippen molar-refractivity contribution < 1.29 is 33.4 Å². The third-order valence-electron chi connectivity index (χ3n) is 7.67. The van der Waals surface area contributed by atoms with Crippen LogP contribution in [0, 0.1) is 5.92 Å². The lowest BCUT2D eigenvalue weighted by Crippen LogP contribution is -2.52. The third-order valence-corrected chi connectivity index (χ3v) is 7.67. The van der Waals surface area contributed by atoms with Crippen molar-refractivity contribution in [1.29, 1.82) is 0 Å². The molecule has 0 radical (unpaired) electrons. The van der Waals surface area contributed by atoms with Crippen LogP contribution in [0.2, 0.25) is 0 Å². The predicted octanol–water partition coefficient (Wildman–Crippen LogP) is 0.448. The molecule has 5 rings (SSSR count). The van der Waals surface area contributed by atoms with Gasteiger partial charge in [-0.25, -0.2) is 0 Å². The number of ether oxygens (including phenoxy) is 2. The zero-order valence-corrected chi connectivity index (χ0v) is 23.2. The van der Waals surface area contributed by atoms with Gasteiger partial charge in [0.15, 0.2) is 11.5 Å². The molecule has 2 fully saturated rings. The second kappa shape index (κ2) is 13.5. The molecule has 0 aromatic heterocycles. The average Bonchev–Trinajstić information content (AvgIpc) is 3.40. The van der Waals surface area contributed by atoms with E-state index in [2.05, 4.69) is 16.0 Å². The molecule has 3 aliphatic heterocycles. The average molecular weight is 558 g/mol. The Balaban J connectivity index is 1.50. The number of rotatable bonds is 2. The van der Waals surface area contributed by atoms with Crippen LogP contribution in [0.3, 0.4) is 0 Å². The molecule has 1 saturated heterocycles. The molecule has 3 N–H and O–H groups in total. The van der Waals surface area contributed by atoms with Gasteiger partial charge in [-0.05, 0) is 57.2 Å². The lowest BCUT2D eigenvalue weighted by molar-refractivity contribution is -0.141. The maximum absolute atomic E-state index is 13.2. The summed E-state index contributed by atoms with van der Waals surface area (Å²) in [6.45, 7) is 2.96. The van der Waals surface area contributed by atoms with Crippen LogP contribution in [0.25, 0.3) is 0 Å². The van der Waals surface area contributed by atoms with Gasteiger partial charge in [-0.1, -0.05) is 6.42 Å². The number of benzene rings is 1. The molecule has 40 heavy (non-hydrogen) atoms. The smallest absolute Gasteiger partial charge is 0.252 e. The first-order valence-electron chi connectivity index (χ1n) is 14.0. The minimum atomic E-state index is -0.838. The van der Waals surface area contributed by atoms with Gasteiger partial charge in [0.05, 0.1) is 20.2 Å². The Morgan fingerprint density at radius 2 is 1.80 bits per heavy atom. The van der Waals surface area contributed by atoms with Crippen molar-refractivity contribution in [1.82, 2.24) is 25.8 Å². The zero-order valence-electron chi connectivity index (χ0n) is 23.2. The van der Waals surface area contributed by atoms with E-state index in [4.69, 9.17) is 9.47 Å². The first kappa shape index (κ1) is 29.2. The fourth-order valence-electron chi connectivity index (χ4n) is 5.18. The summed E-state index contributed by atoms with van der Waals surface area (Å²) in [4.78, 5) is 67.8. The lowest BCUT2D eigenvalue weighted by Gasteiger charge is -2.31. The van der Waals surface area contributed by atoms with E-state index in [0.717, 1.165) is 19.3 Å². The largest absolute Gasteiger partial charge is 0.493 e. The number of nitrogens with zero attached hydrogens (tertiary/aromatic N) is 2. The molecule has 2 atom stereocenters. The molecule has 0 spiro atoms. The summed E-state index contributed by atoms with van der Waals surface area (Å²) in [6, 6.07) is 3.21. The minimum Gasteiger partial charge on any atom is -0.493 e. The predicted molar refractivity (Wildman–Crippen MR) is 145 cm³/mol. The van der Waals surface area contributed by atoms with Gasteiger partial charge in [-0.2, -0.15) is 0 Å². The van der Waals surface area contributed by atoms with Crippen LogP contribution in [0.15, 0.2) is 18.2 Å². The number of hydrogen-bond acceptors (Lipinski definition) is 7. The summed E-state index contributed by atoms with van der Waals surface area (Å²) in [5.41, 5.74) is 0.284. The number of fused-ring (bicyclic) bond motifs is 16. The second-order valence-corrected chi connectivity index (χ2v) is 10.5. The molecule has 218 valence electrons. The molecular weight excluding hydrogens is 518 g/mol. The highest BCUT2D eigenvalue weighted by atomic mass is 16.5. The van der Waals surface area contributed by atoms with E-state index in [0.29, 0.717) is 50.4 Å². The number of hydrogen-bond donors (Lipinski definition) is 3. The summed E-state index contributed by atoms with van der Waals surface area (Å²) >= 11 is 0. The molecule has 0 unspecified atom stereocenters. The first-order chi connectivity index (χ1) is 19.3. The van der Waals surface area contributed by atoms with Gasteiger partial charge >= 0.3 is 0 Å². The summed E-state index contributed by atoms with van der Waals surface area (Å²) in [5.74, 6) is -0.713. The van der Waals surface area contributed by atoms with E-state index in [1.54, 1.807) is 24.0 Å². The summed E-state index contributed by atoms with van der Waals surface area (Å²) in [7, 11) is 1.45. The van der Waals surface area contributed by atoms with Crippen LogP contribution < -0.4 is 25.4 Å². The van der Waals surface area contributed by atoms with Gasteiger partial charge in [0.1, 0.15) is 18.7 Å². The number of carbonyl (C=O) groups is 5. The molecule has 1 aliphatic carbocycles. The highest BCUT2D eigenvalue weighted by Gasteiger charge is 2.36. The van der Waals surface area contributed by atoms with Crippen molar-refractivity contribution in [2.75, 3.05) is 46.4 Å². The number of methoxy groups -OCH3 is 1. The fraction of sp³-hybridized carbons (Fsp3) is 0.607. The number of carbonyl (C=O) groups excluding carboxylic acids is 5. The summed E-state index contributed by atoms with van der Waals surface area (Å²) in [5, 5.41) is 8.39. The molecule has 5 amide bonds. The topological polar surface area (TPSA) is 146 Å².